The van der Waals surface area contributed by atoms with E-state index in [1.165, 1.54) is 6.07 Å². The molecule has 1 aromatic carbocycles. The first kappa shape index (κ1) is 17.2. The lowest BCUT2D eigenvalue weighted by atomic mass is 10.0. The van der Waals surface area contributed by atoms with Crippen molar-refractivity contribution in [3.63, 3.8) is 0 Å². The van der Waals surface area contributed by atoms with Crippen LogP contribution < -0.4 is 15.4 Å². The number of sulfonamides is 1. The van der Waals surface area contributed by atoms with Gasteiger partial charge in [0, 0.05) is 24.7 Å². The lowest BCUT2D eigenvalue weighted by Gasteiger charge is -2.18. The molecular weight excluding hydrogens is 326 g/mol. The van der Waals surface area contributed by atoms with Gasteiger partial charge >= 0.3 is 0 Å². The number of hydrogen-bond acceptors (Lipinski definition) is 4. The van der Waals surface area contributed by atoms with Crippen LogP contribution >= 0.6 is 12.4 Å². The summed E-state index contributed by atoms with van der Waals surface area (Å²) in [5.74, 6) is -0.203. The van der Waals surface area contributed by atoms with E-state index in [2.05, 4.69) is 15.4 Å². The Kier molecular flexibility index (Phi) is 5.44. The van der Waals surface area contributed by atoms with Crippen LogP contribution in [0.3, 0.4) is 0 Å². The van der Waals surface area contributed by atoms with Crippen molar-refractivity contribution in [2.75, 3.05) is 19.6 Å². The van der Waals surface area contributed by atoms with Gasteiger partial charge in [-0.25, -0.2) is 13.1 Å². The van der Waals surface area contributed by atoms with Crippen molar-refractivity contribution < 1.29 is 13.2 Å². The van der Waals surface area contributed by atoms with Crippen LogP contribution in [-0.2, 0) is 16.4 Å². The summed E-state index contributed by atoms with van der Waals surface area (Å²) in [7, 11) is -3.57. The summed E-state index contributed by atoms with van der Waals surface area (Å²) < 4.78 is 27.2. The predicted molar refractivity (Wildman–Crippen MR) is 85.9 cm³/mol. The SMILES string of the molecule is Cl.O=C1NCCc2ccc(S(=O)(=O)NCC3CCCN3)cc21. The van der Waals surface area contributed by atoms with Crippen LogP contribution in [-0.4, -0.2) is 40.0 Å². The molecule has 22 heavy (non-hydrogen) atoms. The summed E-state index contributed by atoms with van der Waals surface area (Å²) >= 11 is 0. The maximum absolute atomic E-state index is 12.3. The van der Waals surface area contributed by atoms with E-state index in [1.807, 2.05) is 0 Å². The number of halogens is 1. The number of rotatable bonds is 4. The molecule has 3 N–H and O–H groups in total. The van der Waals surface area contributed by atoms with Crippen molar-refractivity contribution in [1.29, 1.82) is 0 Å². The Labute approximate surface area is 136 Å². The molecule has 0 saturated carbocycles. The molecule has 1 atom stereocenters. The van der Waals surface area contributed by atoms with Gasteiger partial charge in [-0.1, -0.05) is 6.07 Å². The third-order valence-corrected chi connectivity index (χ3v) is 5.42. The van der Waals surface area contributed by atoms with Gasteiger partial charge in [-0.2, -0.15) is 0 Å². The minimum Gasteiger partial charge on any atom is -0.352 e. The van der Waals surface area contributed by atoms with Gasteiger partial charge < -0.3 is 10.6 Å². The lowest BCUT2D eigenvalue weighted by Crippen LogP contribution is -2.37. The maximum Gasteiger partial charge on any atom is 0.251 e. The third kappa shape index (κ3) is 3.60. The molecule has 2 aliphatic heterocycles. The molecule has 3 rings (SSSR count). The Balaban J connectivity index is 0.00000176. The standard InChI is InChI=1S/C14H19N3O3S.ClH/c18-14-13-8-12(4-3-10(13)5-7-16-14)21(19,20)17-9-11-2-1-6-15-11;/h3-4,8,11,15,17H,1-2,5-7,9H2,(H,16,18);1H. The Morgan fingerprint density at radius 2 is 2.09 bits per heavy atom. The minimum atomic E-state index is -3.57. The highest BCUT2D eigenvalue weighted by molar-refractivity contribution is 7.89. The average Bonchev–Trinajstić information content (AvgIpc) is 2.99. The van der Waals surface area contributed by atoms with Crippen LogP contribution in [0.15, 0.2) is 23.1 Å². The molecule has 0 aliphatic carbocycles. The predicted octanol–water partition coefficient (Wildman–Crippen LogP) is 0.425. The molecule has 1 fully saturated rings. The first-order valence-electron chi connectivity index (χ1n) is 7.20. The van der Waals surface area contributed by atoms with Crippen molar-refractivity contribution in [3.8, 4) is 0 Å². The number of benzene rings is 1. The van der Waals surface area contributed by atoms with E-state index in [0.29, 0.717) is 18.7 Å². The zero-order chi connectivity index (χ0) is 14.9. The molecule has 122 valence electrons. The van der Waals surface area contributed by atoms with E-state index in [4.69, 9.17) is 0 Å². The van der Waals surface area contributed by atoms with E-state index in [-0.39, 0.29) is 29.3 Å². The molecular formula is C14H20ClN3O3S. The van der Waals surface area contributed by atoms with E-state index < -0.39 is 10.0 Å². The largest absolute Gasteiger partial charge is 0.352 e. The summed E-state index contributed by atoms with van der Waals surface area (Å²) in [5, 5.41) is 5.98. The summed E-state index contributed by atoms with van der Waals surface area (Å²) in [6.45, 7) is 1.92. The van der Waals surface area contributed by atoms with Crippen molar-refractivity contribution in [2.45, 2.75) is 30.2 Å². The molecule has 0 radical (unpaired) electrons. The van der Waals surface area contributed by atoms with E-state index >= 15 is 0 Å². The molecule has 1 unspecified atom stereocenters. The van der Waals surface area contributed by atoms with Crippen LogP contribution in [0.1, 0.15) is 28.8 Å². The van der Waals surface area contributed by atoms with Gasteiger partial charge in [0.2, 0.25) is 10.0 Å². The highest BCUT2D eigenvalue weighted by atomic mass is 35.5. The Bertz CT molecular complexity index is 657. The van der Waals surface area contributed by atoms with Crippen LogP contribution in [0.25, 0.3) is 0 Å². The fourth-order valence-corrected chi connectivity index (χ4v) is 3.89. The first-order chi connectivity index (χ1) is 10.1. The number of carbonyl (C=O) groups is 1. The van der Waals surface area contributed by atoms with Crippen LogP contribution in [0, 0.1) is 0 Å². The van der Waals surface area contributed by atoms with Gasteiger partial charge in [0.1, 0.15) is 0 Å². The summed E-state index contributed by atoms with van der Waals surface area (Å²) in [6, 6.07) is 4.97. The smallest absolute Gasteiger partial charge is 0.251 e. The third-order valence-electron chi connectivity index (χ3n) is 4.00. The number of nitrogens with one attached hydrogen (secondary N) is 3. The van der Waals surface area contributed by atoms with Crippen molar-refractivity contribution in [3.05, 3.63) is 29.3 Å². The highest BCUT2D eigenvalue weighted by Crippen LogP contribution is 2.19. The summed E-state index contributed by atoms with van der Waals surface area (Å²) in [6.07, 6.45) is 2.79. The number of fused-ring (bicyclic) bond motifs is 1. The molecule has 0 spiro atoms. The Hall–Kier alpha value is -1.15. The van der Waals surface area contributed by atoms with Gasteiger partial charge in [-0.05, 0) is 43.5 Å². The van der Waals surface area contributed by atoms with Crippen LogP contribution in [0.5, 0.6) is 0 Å². The molecule has 6 nitrogen and oxygen atoms in total. The number of carbonyl (C=O) groups excluding carboxylic acids is 1. The van der Waals surface area contributed by atoms with Crippen LogP contribution in [0.4, 0.5) is 0 Å². The average molecular weight is 346 g/mol. The van der Waals surface area contributed by atoms with Crippen molar-refractivity contribution in [2.24, 2.45) is 0 Å². The van der Waals surface area contributed by atoms with E-state index in [9.17, 15) is 13.2 Å². The molecule has 0 aromatic heterocycles. The normalized spacial score (nSPS) is 20.9. The van der Waals surface area contributed by atoms with Gasteiger partial charge in [-0.15, -0.1) is 12.4 Å². The fourth-order valence-electron chi connectivity index (χ4n) is 2.78. The Morgan fingerprint density at radius 3 is 2.82 bits per heavy atom. The van der Waals surface area contributed by atoms with Crippen molar-refractivity contribution in [1.82, 2.24) is 15.4 Å². The molecule has 8 heteroatoms. The van der Waals surface area contributed by atoms with E-state index in [0.717, 1.165) is 31.4 Å². The Morgan fingerprint density at radius 1 is 1.27 bits per heavy atom. The lowest BCUT2D eigenvalue weighted by molar-refractivity contribution is 0.0945. The second-order valence-electron chi connectivity index (χ2n) is 5.47. The van der Waals surface area contributed by atoms with Crippen molar-refractivity contribution >= 4 is 28.3 Å². The van der Waals surface area contributed by atoms with Gasteiger partial charge in [0.05, 0.1) is 4.90 Å². The quantitative estimate of drug-likeness (QED) is 0.738. The maximum atomic E-state index is 12.3. The van der Waals surface area contributed by atoms with Gasteiger partial charge in [0.15, 0.2) is 0 Å². The summed E-state index contributed by atoms with van der Waals surface area (Å²) in [5.41, 5.74) is 1.36. The first-order valence-corrected chi connectivity index (χ1v) is 8.69. The molecule has 1 amide bonds. The second kappa shape index (κ2) is 6.95. The molecule has 2 aliphatic rings. The number of hydrogen-bond donors (Lipinski definition) is 3. The summed E-state index contributed by atoms with van der Waals surface area (Å²) in [4.78, 5) is 11.9. The van der Waals surface area contributed by atoms with Gasteiger partial charge in [0.25, 0.3) is 5.91 Å². The highest BCUT2D eigenvalue weighted by Gasteiger charge is 2.23. The molecule has 0 bridgehead atoms. The molecule has 2 heterocycles. The minimum absolute atomic E-state index is 0. The topological polar surface area (TPSA) is 87.3 Å². The zero-order valence-electron chi connectivity index (χ0n) is 12.1. The van der Waals surface area contributed by atoms with Gasteiger partial charge in [-0.3, -0.25) is 4.79 Å². The monoisotopic (exact) mass is 345 g/mol. The fraction of sp³-hybridized carbons (Fsp3) is 0.500. The zero-order valence-corrected chi connectivity index (χ0v) is 13.7. The molecule has 1 saturated heterocycles. The van der Waals surface area contributed by atoms with E-state index in [1.54, 1.807) is 12.1 Å². The van der Waals surface area contributed by atoms with Crippen LogP contribution in [0.2, 0.25) is 0 Å². The number of amides is 1. The molecule has 1 aromatic rings. The second-order valence-corrected chi connectivity index (χ2v) is 7.24.